The number of rotatable bonds is 5. The third-order valence-corrected chi connectivity index (χ3v) is 5.13. The zero-order valence-corrected chi connectivity index (χ0v) is 15.4. The van der Waals surface area contributed by atoms with Crippen LogP contribution in [0, 0.1) is 0 Å². The largest absolute Gasteiger partial charge is 0.376 e. The highest BCUT2D eigenvalue weighted by Gasteiger charge is 2.23. The minimum absolute atomic E-state index is 0.191. The van der Waals surface area contributed by atoms with Gasteiger partial charge in [0, 0.05) is 24.6 Å². The lowest BCUT2D eigenvalue weighted by Crippen LogP contribution is -2.41. The Morgan fingerprint density at radius 3 is 2.64 bits per heavy atom. The van der Waals surface area contributed by atoms with Crippen LogP contribution in [-0.2, 0) is 4.74 Å². The summed E-state index contributed by atoms with van der Waals surface area (Å²) in [5, 5.41) is 6.47. The number of urea groups is 1. The Morgan fingerprint density at radius 1 is 1.24 bits per heavy atom. The molecule has 2 heterocycles. The molecule has 2 amide bonds. The summed E-state index contributed by atoms with van der Waals surface area (Å²) in [4.78, 5) is 21.5. The van der Waals surface area contributed by atoms with Crippen LogP contribution in [0.2, 0.25) is 0 Å². The zero-order valence-electron chi connectivity index (χ0n) is 14.6. The van der Waals surface area contributed by atoms with Crippen molar-refractivity contribution in [2.45, 2.75) is 57.8 Å². The van der Waals surface area contributed by atoms with Gasteiger partial charge in [-0.25, -0.2) is 9.78 Å². The number of hydrogen-bond donors (Lipinski definition) is 2. The molecule has 1 fully saturated rings. The molecule has 2 aromatic rings. The van der Waals surface area contributed by atoms with Gasteiger partial charge >= 0.3 is 6.03 Å². The standard InChI is InChI=1S/C18H24N4O2S/c1-12(2)24-15-5-3-14(4-6-15)21-17(23)22-18-20-11-16(25-18)13-7-9-19-10-8-13/h7-12,14-15H,3-6H2,1-2H3,(H2,20,21,22,23). The number of pyridine rings is 1. The summed E-state index contributed by atoms with van der Waals surface area (Å²) in [6.45, 7) is 4.12. The van der Waals surface area contributed by atoms with E-state index in [0.717, 1.165) is 36.1 Å². The molecule has 0 aromatic carbocycles. The van der Waals surface area contributed by atoms with Crippen LogP contribution in [0.1, 0.15) is 39.5 Å². The first-order valence-corrected chi connectivity index (χ1v) is 9.51. The normalized spacial score (nSPS) is 20.4. The van der Waals surface area contributed by atoms with E-state index in [9.17, 15) is 4.79 Å². The minimum Gasteiger partial charge on any atom is -0.376 e. The molecule has 0 saturated heterocycles. The summed E-state index contributed by atoms with van der Waals surface area (Å²) in [5.74, 6) is 0. The molecule has 7 heteroatoms. The highest BCUT2D eigenvalue weighted by atomic mass is 32.1. The maximum absolute atomic E-state index is 12.2. The molecule has 1 aliphatic rings. The Kier molecular flexibility index (Phi) is 5.99. The Balaban J connectivity index is 1.47. The molecule has 1 saturated carbocycles. The molecule has 2 N–H and O–H groups in total. The minimum atomic E-state index is -0.191. The van der Waals surface area contributed by atoms with Crippen LogP contribution in [-0.4, -0.2) is 34.2 Å². The van der Waals surface area contributed by atoms with Crippen LogP contribution in [0.3, 0.4) is 0 Å². The van der Waals surface area contributed by atoms with Crippen LogP contribution in [0.4, 0.5) is 9.93 Å². The van der Waals surface area contributed by atoms with Gasteiger partial charge in [0.05, 0.1) is 17.1 Å². The van der Waals surface area contributed by atoms with Crippen molar-refractivity contribution in [2.75, 3.05) is 5.32 Å². The quantitative estimate of drug-likeness (QED) is 0.843. The average Bonchev–Trinajstić information content (AvgIpc) is 3.05. The molecule has 0 unspecified atom stereocenters. The van der Waals surface area contributed by atoms with E-state index in [1.165, 1.54) is 11.3 Å². The average molecular weight is 360 g/mol. The Morgan fingerprint density at radius 2 is 1.96 bits per heavy atom. The lowest BCUT2D eigenvalue weighted by Gasteiger charge is -2.30. The van der Waals surface area contributed by atoms with Crippen LogP contribution >= 0.6 is 11.3 Å². The van der Waals surface area contributed by atoms with E-state index in [-0.39, 0.29) is 18.2 Å². The third-order valence-electron chi connectivity index (χ3n) is 4.17. The van der Waals surface area contributed by atoms with Crippen molar-refractivity contribution in [2.24, 2.45) is 0 Å². The number of aromatic nitrogens is 2. The Labute approximate surface area is 152 Å². The van der Waals surface area contributed by atoms with E-state index in [1.807, 2.05) is 12.1 Å². The van der Waals surface area contributed by atoms with E-state index < -0.39 is 0 Å². The summed E-state index contributed by atoms with van der Waals surface area (Å²) in [7, 11) is 0. The van der Waals surface area contributed by atoms with Crippen molar-refractivity contribution in [3.8, 4) is 10.4 Å². The van der Waals surface area contributed by atoms with Crippen molar-refractivity contribution in [1.82, 2.24) is 15.3 Å². The second-order valence-corrected chi connectivity index (χ2v) is 7.55. The predicted molar refractivity (Wildman–Crippen MR) is 99.8 cm³/mol. The summed E-state index contributed by atoms with van der Waals surface area (Å²) < 4.78 is 5.84. The molecule has 1 aliphatic carbocycles. The molecule has 134 valence electrons. The molecule has 3 rings (SSSR count). The fourth-order valence-electron chi connectivity index (χ4n) is 3.03. The van der Waals surface area contributed by atoms with E-state index >= 15 is 0 Å². The molecule has 2 aromatic heterocycles. The number of hydrogen-bond acceptors (Lipinski definition) is 5. The summed E-state index contributed by atoms with van der Waals surface area (Å²) >= 11 is 1.45. The lowest BCUT2D eigenvalue weighted by molar-refractivity contribution is -0.0155. The van der Waals surface area contributed by atoms with Crippen LogP contribution < -0.4 is 10.6 Å². The number of ether oxygens (including phenoxy) is 1. The third kappa shape index (κ3) is 5.24. The van der Waals surface area contributed by atoms with Crippen molar-refractivity contribution >= 4 is 22.5 Å². The van der Waals surface area contributed by atoms with Crippen molar-refractivity contribution in [1.29, 1.82) is 0 Å². The van der Waals surface area contributed by atoms with Crippen LogP contribution in [0.25, 0.3) is 10.4 Å². The van der Waals surface area contributed by atoms with Gasteiger partial charge in [0.15, 0.2) is 5.13 Å². The number of carbonyl (C=O) groups excluding carboxylic acids is 1. The monoisotopic (exact) mass is 360 g/mol. The van der Waals surface area contributed by atoms with E-state index in [2.05, 4.69) is 34.4 Å². The van der Waals surface area contributed by atoms with Gasteiger partial charge in [-0.05, 0) is 57.2 Å². The van der Waals surface area contributed by atoms with E-state index in [4.69, 9.17) is 4.74 Å². The van der Waals surface area contributed by atoms with Gasteiger partial charge in [0.1, 0.15) is 0 Å². The molecule has 0 bridgehead atoms. The maximum atomic E-state index is 12.2. The first-order valence-electron chi connectivity index (χ1n) is 8.69. The summed E-state index contributed by atoms with van der Waals surface area (Å²) in [6.07, 6.45) is 9.72. The van der Waals surface area contributed by atoms with Crippen molar-refractivity contribution in [3.05, 3.63) is 30.7 Å². The van der Waals surface area contributed by atoms with Gasteiger partial charge in [0.25, 0.3) is 0 Å². The molecule has 0 spiro atoms. The van der Waals surface area contributed by atoms with Crippen LogP contribution in [0.5, 0.6) is 0 Å². The molecule has 0 aliphatic heterocycles. The topological polar surface area (TPSA) is 76.1 Å². The number of anilines is 1. The lowest BCUT2D eigenvalue weighted by atomic mass is 9.93. The highest BCUT2D eigenvalue weighted by molar-refractivity contribution is 7.19. The molecular weight excluding hydrogens is 336 g/mol. The second-order valence-electron chi connectivity index (χ2n) is 6.52. The van der Waals surface area contributed by atoms with Crippen molar-refractivity contribution < 1.29 is 9.53 Å². The maximum Gasteiger partial charge on any atom is 0.321 e. The Bertz CT molecular complexity index is 681. The number of amides is 2. The van der Waals surface area contributed by atoms with Gasteiger partial charge in [-0.15, -0.1) is 0 Å². The number of nitrogens with one attached hydrogen (secondary N) is 2. The smallest absolute Gasteiger partial charge is 0.321 e. The number of thiazole rings is 1. The van der Waals surface area contributed by atoms with Gasteiger partial charge in [0.2, 0.25) is 0 Å². The summed E-state index contributed by atoms with van der Waals surface area (Å²) in [6, 6.07) is 3.86. The first-order chi connectivity index (χ1) is 12.1. The van der Waals surface area contributed by atoms with Gasteiger partial charge in [-0.1, -0.05) is 11.3 Å². The molecule has 6 nitrogen and oxygen atoms in total. The molecule has 0 atom stereocenters. The van der Waals surface area contributed by atoms with Gasteiger partial charge < -0.3 is 10.1 Å². The van der Waals surface area contributed by atoms with E-state index in [1.54, 1.807) is 18.6 Å². The first kappa shape index (κ1) is 17.8. The summed E-state index contributed by atoms with van der Waals surface area (Å²) in [5.41, 5.74) is 1.05. The molecule has 25 heavy (non-hydrogen) atoms. The van der Waals surface area contributed by atoms with Crippen LogP contribution in [0.15, 0.2) is 30.7 Å². The van der Waals surface area contributed by atoms with Gasteiger partial charge in [-0.2, -0.15) is 0 Å². The number of nitrogens with zero attached hydrogens (tertiary/aromatic N) is 2. The highest BCUT2D eigenvalue weighted by Crippen LogP contribution is 2.28. The number of carbonyl (C=O) groups is 1. The predicted octanol–water partition coefficient (Wildman–Crippen LogP) is 4.06. The zero-order chi connectivity index (χ0) is 17.6. The van der Waals surface area contributed by atoms with Gasteiger partial charge in [-0.3, -0.25) is 10.3 Å². The fourth-order valence-corrected chi connectivity index (χ4v) is 3.85. The molecular formula is C18H24N4O2S. The fraction of sp³-hybridized carbons (Fsp3) is 0.500. The SMILES string of the molecule is CC(C)OC1CCC(NC(=O)Nc2ncc(-c3ccncc3)s2)CC1. The second kappa shape index (κ2) is 8.40. The molecule has 0 radical (unpaired) electrons. The Hall–Kier alpha value is -1.99. The van der Waals surface area contributed by atoms with Crippen molar-refractivity contribution in [3.63, 3.8) is 0 Å². The van der Waals surface area contributed by atoms with E-state index in [0.29, 0.717) is 11.2 Å².